The molecule has 0 aromatic heterocycles. The van der Waals surface area contributed by atoms with Gasteiger partial charge in [-0.1, -0.05) is 24.3 Å². The normalized spacial score (nSPS) is 11.7. The van der Waals surface area contributed by atoms with Gasteiger partial charge in [0, 0.05) is 13.0 Å². The Hall–Kier alpha value is -2.21. The van der Waals surface area contributed by atoms with Gasteiger partial charge in [0.2, 0.25) is 5.91 Å². The number of hydrogen-bond acceptors (Lipinski definition) is 4. The molecule has 1 atom stereocenters. The van der Waals surface area contributed by atoms with Crippen molar-refractivity contribution in [1.82, 2.24) is 10.6 Å². The summed E-state index contributed by atoms with van der Waals surface area (Å²) in [6.07, 6.45) is 1.23. The fraction of sp³-hybridized carbons (Fsp3) is 0.471. The molecule has 126 valence electrons. The van der Waals surface area contributed by atoms with E-state index >= 15 is 0 Å². The van der Waals surface area contributed by atoms with Crippen molar-refractivity contribution < 1.29 is 19.5 Å². The maximum atomic E-state index is 11.7. The van der Waals surface area contributed by atoms with E-state index in [1.165, 1.54) is 0 Å². The first-order valence-corrected chi connectivity index (χ1v) is 7.72. The Morgan fingerprint density at radius 3 is 2.26 bits per heavy atom. The Morgan fingerprint density at radius 2 is 1.74 bits per heavy atom. The molecule has 0 aliphatic carbocycles. The van der Waals surface area contributed by atoms with Gasteiger partial charge in [0.15, 0.2) is 0 Å². The van der Waals surface area contributed by atoms with Gasteiger partial charge in [-0.05, 0) is 37.9 Å². The van der Waals surface area contributed by atoms with Crippen molar-refractivity contribution in [3.05, 3.63) is 35.4 Å². The van der Waals surface area contributed by atoms with E-state index in [0.29, 0.717) is 25.8 Å². The first-order valence-electron chi connectivity index (χ1n) is 7.72. The van der Waals surface area contributed by atoms with Gasteiger partial charge in [-0.25, -0.2) is 0 Å². The molecule has 1 unspecified atom stereocenters. The van der Waals surface area contributed by atoms with Crippen LogP contribution < -0.4 is 10.6 Å². The third kappa shape index (κ3) is 7.06. The van der Waals surface area contributed by atoms with Gasteiger partial charge in [0.25, 0.3) is 0 Å². The predicted molar refractivity (Wildman–Crippen MR) is 87.3 cm³/mol. The van der Waals surface area contributed by atoms with Crippen molar-refractivity contribution in [2.24, 2.45) is 0 Å². The molecule has 1 aromatic rings. The molecule has 0 spiro atoms. The maximum Gasteiger partial charge on any atom is 0.321 e. The van der Waals surface area contributed by atoms with Crippen LogP contribution in [-0.2, 0) is 27.2 Å². The number of ketones is 1. The van der Waals surface area contributed by atoms with Crippen molar-refractivity contribution in [1.29, 1.82) is 0 Å². The SMILES string of the molecule is CCNC(=O)CC(=O)CCc1ccc(CC(NC)C(=O)O)cc1. The van der Waals surface area contributed by atoms with Gasteiger partial charge in [-0.15, -0.1) is 0 Å². The number of carboxylic acids is 1. The average Bonchev–Trinajstić information content (AvgIpc) is 2.51. The van der Waals surface area contributed by atoms with E-state index in [4.69, 9.17) is 5.11 Å². The smallest absolute Gasteiger partial charge is 0.321 e. The van der Waals surface area contributed by atoms with Crippen LogP contribution in [0.3, 0.4) is 0 Å². The Labute approximate surface area is 136 Å². The lowest BCUT2D eigenvalue weighted by molar-refractivity contribution is -0.139. The summed E-state index contributed by atoms with van der Waals surface area (Å²) in [4.78, 5) is 34.0. The number of benzene rings is 1. The number of aryl methyl sites for hydroxylation is 1. The molecule has 6 heteroatoms. The van der Waals surface area contributed by atoms with Crippen LogP contribution in [0.15, 0.2) is 24.3 Å². The van der Waals surface area contributed by atoms with Crippen LogP contribution in [0.1, 0.15) is 30.9 Å². The Bertz CT molecular complexity index is 540. The molecular weight excluding hydrogens is 296 g/mol. The van der Waals surface area contributed by atoms with E-state index in [1.807, 2.05) is 31.2 Å². The van der Waals surface area contributed by atoms with E-state index in [0.717, 1.165) is 11.1 Å². The molecule has 0 bridgehead atoms. The Kier molecular flexibility index (Phi) is 7.97. The minimum absolute atomic E-state index is 0.0750. The van der Waals surface area contributed by atoms with E-state index in [2.05, 4.69) is 10.6 Å². The van der Waals surface area contributed by atoms with Gasteiger partial charge in [-0.3, -0.25) is 14.4 Å². The molecule has 1 aromatic carbocycles. The molecular formula is C17H24N2O4. The van der Waals surface area contributed by atoms with Crippen LogP contribution in [-0.4, -0.2) is 42.4 Å². The van der Waals surface area contributed by atoms with Crippen LogP contribution in [0.5, 0.6) is 0 Å². The van der Waals surface area contributed by atoms with Gasteiger partial charge in [-0.2, -0.15) is 0 Å². The van der Waals surface area contributed by atoms with Crippen LogP contribution in [0, 0.1) is 0 Å². The second-order valence-corrected chi connectivity index (χ2v) is 5.37. The van der Waals surface area contributed by atoms with Crippen LogP contribution >= 0.6 is 0 Å². The second kappa shape index (κ2) is 9.74. The predicted octanol–water partition coefficient (Wildman–Crippen LogP) is 0.930. The summed E-state index contributed by atoms with van der Waals surface area (Å²) in [5, 5.41) is 14.4. The van der Waals surface area contributed by atoms with E-state index in [9.17, 15) is 14.4 Å². The summed E-state index contributed by atoms with van der Waals surface area (Å²) in [5.41, 5.74) is 1.92. The lowest BCUT2D eigenvalue weighted by atomic mass is 10.0. The highest BCUT2D eigenvalue weighted by atomic mass is 16.4. The molecule has 0 aliphatic rings. The zero-order valence-electron chi connectivity index (χ0n) is 13.6. The molecule has 3 N–H and O–H groups in total. The van der Waals surface area contributed by atoms with E-state index in [1.54, 1.807) is 7.05 Å². The van der Waals surface area contributed by atoms with E-state index in [-0.39, 0.29) is 18.1 Å². The first-order chi connectivity index (χ1) is 11.0. The molecule has 0 fully saturated rings. The quantitative estimate of drug-likeness (QED) is 0.557. The van der Waals surface area contributed by atoms with Crippen molar-refractivity contribution in [2.45, 2.75) is 38.6 Å². The van der Waals surface area contributed by atoms with Crippen molar-refractivity contribution in [2.75, 3.05) is 13.6 Å². The molecule has 0 saturated heterocycles. The number of nitrogens with one attached hydrogen (secondary N) is 2. The van der Waals surface area contributed by atoms with Gasteiger partial charge in [0.1, 0.15) is 11.8 Å². The van der Waals surface area contributed by atoms with Crippen molar-refractivity contribution >= 4 is 17.7 Å². The lowest BCUT2D eigenvalue weighted by Crippen LogP contribution is -2.35. The number of aliphatic carboxylic acids is 1. The minimum atomic E-state index is -0.882. The van der Waals surface area contributed by atoms with Crippen molar-refractivity contribution in [3.63, 3.8) is 0 Å². The number of carboxylic acid groups (broad SMARTS) is 1. The molecule has 0 aliphatic heterocycles. The molecule has 6 nitrogen and oxygen atoms in total. The Morgan fingerprint density at radius 1 is 1.13 bits per heavy atom. The number of Topliss-reactive ketones (excluding diaryl/α,β-unsaturated/α-hetero) is 1. The molecule has 1 rings (SSSR count). The molecule has 23 heavy (non-hydrogen) atoms. The summed E-state index contributed by atoms with van der Waals surface area (Å²) in [5.74, 6) is -1.20. The summed E-state index contributed by atoms with van der Waals surface area (Å²) in [6, 6.07) is 6.92. The van der Waals surface area contributed by atoms with Crippen LogP contribution in [0.4, 0.5) is 0 Å². The van der Waals surface area contributed by atoms with Gasteiger partial charge < -0.3 is 15.7 Å². The maximum absolute atomic E-state index is 11.7. The van der Waals surface area contributed by atoms with Gasteiger partial charge >= 0.3 is 5.97 Å². The summed E-state index contributed by atoms with van der Waals surface area (Å²) >= 11 is 0. The second-order valence-electron chi connectivity index (χ2n) is 5.37. The number of amides is 1. The number of hydrogen-bond donors (Lipinski definition) is 3. The van der Waals surface area contributed by atoms with Crippen molar-refractivity contribution in [3.8, 4) is 0 Å². The van der Waals surface area contributed by atoms with E-state index < -0.39 is 12.0 Å². The zero-order chi connectivity index (χ0) is 17.2. The zero-order valence-corrected chi connectivity index (χ0v) is 13.6. The highest BCUT2D eigenvalue weighted by Gasteiger charge is 2.15. The number of rotatable bonds is 10. The highest BCUT2D eigenvalue weighted by molar-refractivity contribution is 5.98. The summed E-state index contributed by atoms with van der Waals surface area (Å²) in [7, 11) is 1.62. The van der Waals surface area contributed by atoms with Crippen LogP contribution in [0.2, 0.25) is 0 Å². The Balaban J connectivity index is 2.46. The third-order valence-electron chi connectivity index (χ3n) is 3.53. The van der Waals surface area contributed by atoms with Crippen LogP contribution in [0.25, 0.3) is 0 Å². The third-order valence-corrected chi connectivity index (χ3v) is 3.53. The number of likely N-dealkylation sites (N-methyl/N-ethyl adjacent to an activating group) is 1. The molecule has 0 radical (unpaired) electrons. The highest BCUT2D eigenvalue weighted by Crippen LogP contribution is 2.10. The monoisotopic (exact) mass is 320 g/mol. The fourth-order valence-corrected chi connectivity index (χ4v) is 2.20. The molecule has 1 amide bonds. The lowest BCUT2D eigenvalue weighted by Gasteiger charge is -2.11. The molecule has 0 saturated carbocycles. The average molecular weight is 320 g/mol. The first kappa shape index (κ1) is 18.8. The summed E-state index contributed by atoms with van der Waals surface area (Å²) < 4.78 is 0. The number of carbonyl (C=O) groups is 3. The number of carbonyl (C=O) groups excluding carboxylic acids is 2. The fourth-order valence-electron chi connectivity index (χ4n) is 2.20. The largest absolute Gasteiger partial charge is 0.480 e. The minimum Gasteiger partial charge on any atom is -0.480 e. The molecule has 0 heterocycles. The topological polar surface area (TPSA) is 95.5 Å². The van der Waals surface area contributed by atoms with Gasteiger partial charge in [0.05, 0.1) is 6.42 Å². The summed E-state index contributed by atoms with van der Waals surface area (Å²) in [6.45, 7) is 2.34. The standard InChI is InChI=1S/C17H24N2O4/c1-3-19-16(21)11-14(20)9-8-12-4-6-13(7-5-12)10-15(18-2)17(22)23/h4-7,15,18H,3,8-11H2,1-2H3,(H,19,21)(H,22,23).